The number of phenols is 1. The van der Waals surface area contributed by atoms with Crippen LogP contribution >= 0.6 is 22.6 Å². The van der Waals surface area contributed by atoms with Gasteiger partial charge in [-0.15, -0.1) is 0 Å². The molecule has 20 heavy (non-hydrogen) atoms. The Morgan fingerprint density at radius 1 is 1.10 bits per heavy atom. The van der Waals surface area contributed by atoms with Gasteiger partial charge in [0.2, 0.25) is 0 Å². The molecule has 4 nitrogen and oxygen atoms in total. The molecule has 1 N–H and O–H groups in total. The Bertz CT molecular complexity index is 737. The van der Waals surface area contributed by atoms with Gasteiger partial charge in [0.1, 0.15) is 4.90 Å². The second kappa shape index (κ2) is 5.61. The molecule has 0 aliphatic rings. The van der Waals surface area contributed by atoms with Gasteiger partial charge in [0.15, 0.2) is 11.5 Å². The zero-order valence-electron chi connectivity index (χ0n) is 10.9. The van der Waals surface area contributed by atoms with Gasteiger partial charge in [-0.1, -0.05) is 17.7 Å². The first kappa shape index (κ1) is 15.1. The highest BCUT2D eigenvalue weighted by atomic mass is 127. The van der Waals surface area contributed by atoms with Crippen molar-refractivity contribution in [3.05, 3.63) is 51.1 Å². The number of rotatable bonds is 3. The van der Waals surface area contributed by atoms with Crippen molar-refractivity contribution in [3.8, 4) is 11.5 Å². The van der Waals surface area contributed by atoms with E-state index in [1.165, 1.54) is 18.2 Å². The number of aryl methyl sites for hydroxylation is 2. The number of hydrogen-bond acceptors (Lipinski definition) is 4. The molecule has 0 heterocycles. The summed E-state index contributed by atoms with van der Waals surface area (Å²) in [5.41, 5.74) is 1.52. The highest BCUT2D eigenvalue weighted by molar-refractivity contribution is 14.1. The van der Waals surface area contributed by atoms with E-state index >= 15 is 0 Å². The second-order valence-electron chi connectivity index (χ2n) is 4.42. The molecule has 0 aromatic heterocycles. The minimum atomic E-state index is -3.95. The Morgan fingerprint density at radius 3 is 2.30 bits per heavy atom. The van der Waals surface area contributed by atoms with Gasteiger partial charge in [-0.25, -0.2) is 0 Å². The summed E-state index contributed by atoms with van der Waals surface area (Å²) in [6.07, 6.45) is 0. The maximum atomic E-state index is 12.2. The van der Waals surface area contributed by atoms with Gasteiger partial charge in [0.25, 0.3) is 0 Å². The van der Waals surface area contributed by atoms with Crippen molar-refractivity contribution in [3.63, 3.8) is 0 Å². The largest absolute Gasteiger partial charge is 0.504 e. The molecule has 0 spiro atoms. The van der Waals surface area contributed by atoms with Crippen LogP contribution in [0.5, 0.6) is 11.5 Å². The van der Waals surface area contributed by atoms with Crippen LogP contribution in [0.4, 0.5) is 0 Å². The molecule has 2 aromatic carbocycles. The normalized spacial score (nSPS) is 11.3. The molecule has 0 atom stereocenters. The van der Waals surface area contributed by atoms with Crippen LogP contribution in [0.15, 0.2) is 41.3 Å². The van der Waals surface area contributed by atoms with Crippen molar-refractivity contribution in [2.45, 2.75) is 18.7 Å². The van der Waals surface area contributed by atoms with Gasteiger partial charge in [-0.3, -0.25) is 0 Å². The molecule has 106 valence electrons. The van der Waals surface area contributed by atoms with Crippen molar-refractivity contribution in [2.24, 2.45) is 0 Å². The number of aromatic hydroxyl groups is 1. The highest BCUT2D eigenvalue weighted by Crippen LogP contribution is 2.33. The lowest BCUT2D eigenvalue weighted by molar-refractivity contribution is 0.425. The monoisotopic (exact) mass is 404 g/mol. The van der Waals surface area contributed by atoms with E-state index in [1.807, 2.05) is 29.5 Å². The van der Waals surface area contributed by atoms with E-state index < -0.39 is 10.1 Å². The molecule has 0 radical (unpaired) electrons. The fourth-order valence-corrected chi connectivity index (χ4v) is 3.32. The Hall–Kier alpha value is -1.28. The molecule has 0 aliphatic carbocycles. The van der Waals surface area contributed by atoms with Crippen molar-refractivity contribution in [2.75, 3.05) is 0 Å². The molecule has 6 heteroatoms. The van der Waals surface area contributed by atoms with Gasteiger partial charge in [0, 0.05) is 3.57 Å². The van der Waals surface area contributed by atoms with Crippen molar-refractivity contribution in [1.29, 1.82) is 0 Å². The molecule has 2 aromatic rings. The molecule has 0 bridgehead atoms. The summed E-state index contributed by atoms with van der Waals surface area (Å²) < 4.78 is 30.1. The van der Waals surface area contributed by atoms with Gasteiger partial charge in [0.05, 0.1) is 0 Å². The summed E-state index contributed by atoms with van der Waals surface area (Å²) in [5, 5.41) is 9.88. The van der Waals surface area contributed by atoms with Crippen LogP contribution in [-0.4, -0.2) is 13.5 Å². The zero-order valence-corrected chi connectivity index (χ0v) is 13.9. The Kier molecular flexibility index (Phi) is 4.24. The number of phenolic OH excluding ortho intramolecular Hbond substituents is 1. The van der Waals surface area contributed by atoms with E-state index in [-0.39, 0.29) is 16.4 Å². The molecule has 0 fully saturated rings. The molecule has 0 saturated heterocycles. The standard InChI is InChI=1S/C14H13IO4S/c1-9-3-5-12(6-4-9)20(17,18)19-13-8-11(15)7-10(2)14(13)16/h3-8,16H,1-2H3. The van der Waals surface area contributed by atoms with Gasteiger partial charge >= 0.3 is 10.1 Å². The van der Waals surface area contributed by atoms with E-state index in [0.29, 0.717) is 5.56 Å². The van der Waals surface area contributed by atoms with Crippen LogP contribution in [0, 0.1) is 17.4 Å². The quantitative estimate of drug-likeness (QED) is 0.630. The van der Waals surface area contributed by atoms with Crippen molar-refractivity contribution in [1.82, 2.24) is 0 Å². The van der Waals surface area contributed by atoms with E-state index in [4.69, 9.17) is 4.18 Å². The molecule has 0 amide bonds. The molecular weight excluding hydrogens is 391 g/mol. The fraction of sp³-hybridized carbons (Fsp3) is 0.143. The smallest absolute Gasteiger partial charge is 0.339 e. The van der Waals surface area contributed by atoms with Crippen molar-refractivity contribution < 1.29 is 17.7 Å². The fourth-order valence-electron chi connectivity index (χ4n) is 1.64. The lowest BCUT2D eigenvalue weighted by Gasteiger charge is -2.10. The Balaban J connectivity index is 2.41. The topological polar surface area (TPSA) is 63.6 Å². The van der Waals surface area contributed by atoms with E-state index in [1.54, 1.807) is 25.1 Å². The summed E-state index contributed by atoms with van der Waals surface area (Å²) >= 11 is 2.03. The molecular formula is C14H13IO4S. The van der Waals surface area contributed by atoms with E-state index in [0.717, 1.165) is 9.13 Å². The first-order valence-electron chi connectivity index (χ1n) is 5.80. The highest BCUT2D eigenvalue weighted by Gasteiger charge is 2.19. The SMILES string of the molecule is Cc1ccc(S(=O)(=O)Oc2cc(I)cc(C)c2O)cc1. The van der Waals surface area contributed by atoms with Crippen molar-refractivity contribution >= 4 is 32.7 Å². The first-order valence-corrected chi connectivity index (χ1v) is 8.28. The van der Waals surface area contributed by atoms with Crippen LogP contribution in [0.1, 0.15) is 11.1 Å². The number of hydrogen-bond donors (Lipinski definition) is 1. The van der Waals surface area contributed by atoms with Crippen LogP contribution < -0.4 is 4.18 Å². The third-order valence-corrected chi connectivity index (χ3v) is 4.61. The third kappa shape index (κ3) is 3.24. The lowest BCUT2D eigenvalue weighted by Crippen LogP contribution is -2.10. The lowest BCUT2D eigenvalue weighted by atomic mass is 10.2. The summed E-state index contributed by atoms with van der Waals surface area (Å²) in [4.78, 5) is 0.0546. The minimum Gasteiger partial charge on any atom is -0.504 e. The summed E-state index contributed by atoms with van der Waals surface area (Å²) in [7, 11) is -3.95. The average molecular weight is 404 g/mol. The average Bonchev–Trinajstić information content (AvgIpc) is 2.35. The van der Waals surface area contributed by atoms with E-state index in [2.05, 4.69) is 0 Å². The second-order valence-corrected chi connectivity index (χ2v) is 7.21. The summed E-state index contributed by atoms with van der Waals surface area (Å²) in [6, 6.07) is 9.55. The van der Waals surface area contributed by atoms with Crippen LogP contribution in [-0.2, 0) is 10.1 Å². The Morgan fingerprint density at radius 2 is 1.70 bits per heavy atom. The van der Waals surface area contributed by atoms with Crippen LogP contribution in [0.2, 0.25) is 0 Å². The van der Waals surface area contributed by atoms with Gasteiger partial charge < -0.3 is 9.29 Å². The van der Waals surface area contributed by atoms with Crippen LogP contribution in [0.3, 0.4) is 0 Å². The maximum Gasteiger partial charge on any atom is 0.339 e. The third-order valence-electron chi connectivity index (χ3n) is 2.74. The van der Waals surface area contributed by atoms with E-state index in [9.17, 15) is 13.5 Å². The van der Waals surface area contributed by atoms with Crippen LogP contribution in [0.25, 0.3) is 0 Å². The molecule has 0 aliphatic heterocycles. The number of halogens is 1. The van der Waals surface area contributed by atoms with Gasteiger partial charge in [-0.05, 0) is 66.3 Å². The number of benzene rings is 2. The molecule has 2 rings (SSSR count). The molecule has 0 saturated carbocycles. The summed E-state index contributed by atoms with van der Waals surface area (Å²) in [6.45, 7) is 3.55. The summed E-state index contributed by atoms with van der Waals surface area (Å²) in [5.74, 6) is -0.226. The zero-order chi connectivity index (χ0) is 14.9. The minimum absolute atomic E-state index is 0.0546. The maximum absolute atomic E-state index is 12.2. The molecule has 0 unspecified atom stereocenters. The van der Waals surface area contributed by atoms with Gasteiger partial charge in [-0.2, -0.15) is 8.42 Å². The Labute approximate surface area is 131 Å². The first-order chi connectivity index (χ1) is 9.29. The predicted octanol–water partition coefficient (Wildman–Crippen LogP) is 3.38. The predicted molar refractivity (Wildman–Crippen MR) is 84.6 cm³/mol.